The van der Waals surface area contributed by atoms with Crippen molar-refractivity contribution in [1.29, 1.82) is 0 Å². The predicted octanol–water partition coefficient (Wildman–Crippen LogP) is -3.24. The number of carboxylic acids is 3. The molecule has 0 aliphatic carbocycles. The first-order valence-electron chi connectivity index (χ1n) is 3.32. The minimum Gasteiger partial charge on any atom is -0.545 e. The molecule has 0 aliphatic rings. The molecule has 0 fully saturated rings. The van der Waals surface area contributed by atoms with Gasteiger partial charge in [0.15, 0.2) is 0 Å². The van der Waals surface area contributed by atoms with Crippen molar-refractivity contribution in [3.05, 3.63) is 38.0 Å². The summed E-state index contributed by atoms with van der Waals surface area (Å²) in [6, 6.07) is 0. The second-order valence-electron chi connectivity index (χ2n) is 1.57. The first kappa shape index (κ1) is 23.8. The van der Waals surface area contributed by atoms with E-state index < -0.39 is 17.9 Å². The number of carboxylic acid groups (broad SMARTS) is 3. The SMILES string of the molecule is C=CC(=O)[O-].C=CC(=O)[O-].C=CC(=O)[O-].[Ir+3]. The van der Waals surface area contributed by atoms with Crippen molar-refractivity contribution in [2.45, 2.75) is 0 Å². The number of aliphatic carboxylic acids is 3. The second-order valence-corrected chi connectivity index (χ2v) is 1.57. The smallest absolute Gasteiger partial charge is 0.545 e. The van der Waals surface area contributed by atoms with E-state index in [1.807, 2.05) is 0 Å². The zero-order valence-corrected chi connectivity index (χ0v) is 10.5. The zero-order valence-electron chi connectivity index (χ0n) is 8.14. The normalized spacial score (nSPS) is 6.00. The fourth-order valence-electron chi connectivity index (χ4n) is 0. The van der Waals surface area contributed by atoms with Crippen LogP contribution < -0.4 is 15.3 Å². The Labute approximate surface area is 106 Å². The molecule has 0 aromatic rings. The largest absolute Gasteiger partial charge is 3.00 e. The minimum absolute atomic E-state index is 0. The summed E-state index contributed by atoms with van der Waals surface area (Å²) in [4.78, 5) is 27.4. The van der Waals surface area contributed by atoms with Crippen molar-refractivity contribution in [1.82, 2.24) is 0 Å². The zero-order chi connectivity index (χ0) is 12.9. The van der Waals surface area contributed by atoms with Crippen LogP contribution in [0.4, 0.5) is 0 Å². The number of hydrogen-bond acceptors (Lipinski definition) is 6. The van der Waals surface area contributed by atoms with E-state index in [0.717, 1.165) is 18.2 Å². The Morgan fingerprint density at radius 2 is 0.750 bits per heavy atom. The third-order valence-electron chi connectivity index (χ3n) is 0.500. The van der Waals surface area contributed by atoms with Gasteiger partial charge in [0.2, 0.25) is 0 Å². The molecule has 0 heterocycles. The van der Waals surface area contributed by atoms with Crippen molar-refractivity contribution in [2.24, 2.45) is 0 Å². The van der Waals surface area contributed by atoms with Gasteiger partial charge >= 0.3 is 20.1 Å². The monoisotopic (exact) mass is 406 g/mol. The van der Waals surface area contributed by atoms with E-state index in [1.165, 1.54) is 0 Å². The number of carbonyl (C=O) groups excluding carboxylic acids is 3. The molecule has 0 bridgehead atoms. The molecular weight excluding hydrogens is 396 g/mol. The van der Waals surface area contributed by atoms with E-state index in [0.29, 0.717) is 0 Å². The molecule has 0 rings (SSSR count). The molecule has 0 spiro atoms. The molecule has 0 atom stereocenters. The Morgan fingerprint density at radius 3 is 0.750 bits per heavy atom. The summed E-state index contributed by atoms with van der Waals surface area (Å²) in [5.41, 5.74) is 0. The Bertz CT molecular complexity index is 216. The minimum atomic E-state index is -1.23. The van der Waals surface area contributed by atoms with Gasteiger partial charge in [0.1, 0.15) is 0 Å². The van der Waals surface area contributed by atoms with Crippen LogP contribution in [0, 0.1) is 0 Å². The Kier molecular flexibility index (Phi) is 28.2. The van der Waals surface area contributed by atoms with Crippen molar-refractivity contribution >= 4 is 17.9 Å². The molecule has 0 aliphatic heterocycles. The number of rotatable bonds is 3. The van der Waals surface area contributed by atoms with Crippen molar-refractivity contribution < 1.29 is 49.8 Å². The molecule has 90 valence electrons. The maximum absolute atomic E-state index is 9.14. The molecule has 0 amide bonds. The third kappa shape index (κ3) is 85.3. The van der Waals surface area contributed by atoms with Crippen LogP contribution in [0.5, 0.6) is 0 Å². The summed E-state index contributed by atoms with van der Waals surface area (Å²) in [6.45, 7) is 8.69. The van der Waals surface area contributed by atoms with Gasteiger partial charge in [-0.1, -0.05) is 19.7 Å². The van der Waals surface area contributed by atoms with Gasteiger partial charge in [-0.05, 0) is 18.2 Å². The molecule has 16 heavy (non-hydrogen) atoms. The molecule has 0 radical (unpaired) electrons. The van der Waals surface area contributed by atoms with Crippen LogP contribution in [-0.4, -0.2) is 17.9 Å². The van der Waals surface area contributed by atoms with Crippen LogP contribution >= 0.6 is 0 Å². The Hall–Kier alpha value is -1.72. The van der Waals surface area contributed by atoms with Crippen molar-refractivity contribution in [3.8, 4) is 0 Å². The van der Waals surface area contributed by atoms with Crippen LogP contribution in [0.2, 0.25) is 0 Å². The van der Waals surface area contributed by atoms with E-state index in [-0.39, 0.29) is 20.1 Å². The summed E-state index contributed by atoms with van der Waals surface area (Å²) in [5.74, 6) is -3.69. The van der Waals surface area contributed by atoms with Gasteiger partial charge in [-0.2, -0.15) is 0 Å². The predicted molar refractivity (Wildman–Crippen MR) is 45.6 cm³/mol. The molecule has 0 unspecified atom stereocenters. The molecule has 0 aromatic carbocycles. The van der Waals surface area contributed by atoms with Crippen LogP contribution in [0.1, 0.15) is 0 Å². The molecule has 0 saturated carbocycles. The first-order valence-corrected chi connectivity index (χ1v) is 3.32. The topological polar surface area (TPSA) is 120 Å². The van der Waals surface area contributed by atoms with E-state index in [9.17, 15) is 0 Å². The Morgan fingerprint density at radius 1 is 0.688 bits per heavy atom. The van der Waals surface area contributed by atoms with Gasteiger partial charge in [0.05, 0.1) is 17.9 Å². The third-order valence-corrected chi connectivity index (χ3v) is 0.500. The summed E-state index contributed by atoms with van der Waals surface area (Å²) >= 11 is 0. The quantitative estimate of drug-likeness (QED) is 0.455. The van der Waals surface area contributed by atoms with E-state index in [1.54, 1.807) is 0 Å². The number of hydrogen-bond donors (Lipinski definition) is 0. The van der Waals surface area contributed by atoms with Gasteiger partial charge < -0.3 is 29.7 Å². The average molecular weight is 405 g/mol. The van der Waals surface area contributed by atoms with Gasteiger partial charge in [-0.15, -0.1) is 0 Å². The number of carbonyl (C=O) groups is 3. The summed E-state index contributed by atoms with van der Waals surface area (Å²) in [6.07, 6.45) is 2.17. The summed E-state index contributed by atoms with van der Waals surface area (Å²) < 4.78 is 0. The average Bonchev–Trinajstić information content (AvgIpc) is 2.19. The van der Waals surface area contributed by atoms with Crippen LogP contribution in [0.3, 0.4) is 0 Å². The van der Waals surface area contributed by atoms with Crippen LogP contribution in [0.25, 0.3) is 0 Å². The van der Waals surface area contributed by atoms with E-state index in [2.05, 4.69) is 19.7 Å². The fraction of sp³-hybridized carbons (Fsp3) is 0. The maximum Gasteiger partial charge on any atom is 3.00 e. The molecule has 6 nitrogen and oxygen atoms in total. The van der Waals surface area contributed by atoms with Crippen molar-refractivity contribution in [3.63, 3.8) is 0 Å². The van der Waals surface area contributed by atoms with Crippen LogP contribution in [0.15, 0.2) is 38.0 Å². The Balaban J connectivity index is -0.0000000655. The standard InChI is InChI=1S/3C3H4O2.Ir/c3*1-2-3(4)5;/h3*2H,1H2,(H,4,5);/q;;;+3/p-3. The van der Waals surface area contributed by atoms with Crippen molar-refractivity contribution in [2.75, 3.05) is 0 Å². The van der Waals surface area contributed by atoms with E-state index >= 15 is 0 Å². The molecule has 7 heteroatoms. The second kappa shape index (κ2) is 18.9. The molecule has 0 aromatic heterocycles. The van der Waals surface area contributed by atoms with E-state index in [4.69, 9.17) is 29.7 Å². The molecular formula is C9H9IrO6. The summed E-state index contributed by atoms with van der Waals surface area (Å²) in [7, 11) is 0. The summed E-state index contributed by atoms with van der Waals surface area (Å²) in [5, 5.41) is 27.4. The molecule has 0 saturated heterocycles. The molecule has 0 N–H and O–H groups in total. The van der Waals surface area contributed by atoms with Crippen LogP contribution in [-0.2, 0) is 34.5 Å². The maximum atomic E-state index is 9.14. The van der Waals surface area contributed by atoms with Gasteiger partial charge in [0.25, 0.3) is 0 Å². The van der Waals surface area contributed by atoms with Gasteiger partial charge in [-0.25, -0.2) is 0 Å². The van der Waals surface area contributed by atoms with Gasteiger partial charge in [-0.3, -0.25) is 0 Å². The fourth-order valence-corrected chi connectivity index (χ4v) is 0. The first-order chi connectivity index (χ1) is 6.81. The van der Waals surface area contributed by atoms with Gasteiger partial charge in [0, 0.05) is 0 Å².